The molecule has 1 fully saturated rings. The van der Waals surface area contributed by atoms with E-state index < -0.39 is 35.7 Å². The predicted octanol–water partition coefficient (Wildman–Crippen LogP) is 4.59. The largest absolute Gasteiger partial charge is 0.444 e. The van der Waals surface area contributed by atoms with Crippen LogP contribution in [0.2, 0.25) is 0 Å². The summed E-state index contributed by atoms with van der Waals surface area (Å²) in [4.78, 5) is 58.5. The lowest BCUT2D eigenvalue weighted by Gasteiger charge is -2.43. The number of amides is 4. The zero-order valence-electron chi connectivity index (χ0n) is 27.1. The van der Waals surface area contributed by atoms with Gasteiger partial charge in [0, 0.05) is 46.1 Å². The molecule has 0 aliphatic carbocycles. The van der Waals surface area contributed by atoms with Crippen molar-refractivity contribution in [3.05, 3.63) is 96.1 Å². The minimum absolute atomic E-state index is 0.209. The van der Waals surface area contributed by atoms with E-state index in [-0.39, 0.29) is 23.8 Å². The topological polar surface area (TPSA) is 99.3 Å². The molecule has 1 N–H and O–H groups in total. The lowest BCUT2D eigenvalue weighted by molar-refractivity contribution is -0.146. The maximum atomic E-state index is 14.4. The van der Waals surface area contributed by atoms with E-state index in [4.69, 9.17) is 4.74 Å². The second-order valence-corrected chi connectivity index (χ2v) is 12.6. The van der Waals surface area contributed by atoms with E-state index in [0.717, 1.165) is 21.9 Å². The number of nitrogens with zero attached hydrogens (tertiary/aromatic N) is 3. The number of benzene rings is 3. The minimum atomic E-state index is -0.946. The summed E-state index contributed by atoms with van der Waals surface area (Å²) < 4.78 is 5.52. The third kappa shape index (κ3) is 7.90. The van der Waals surface area contributed by atoms with Crippen molar-refractivity contribution in [2.45, 2.75) is 63.8 Å². The van der Waals surface area contributed by atoms with Gasteiger partial charge in [0.15, 0.2) is 0 Å². The number of carbonyl (C=O) groups excluding carboxylic acids is 4. The molecule has 0 aromatic heterocycles. The third-order valence-electron chi connectivity index (χ3n) is 8.28. The fraction of sp³-hybridized carbons (Fsp3) is 0.389. The zero-order chi connectivity index (χ0) is 32.9. The average molecular weight is 613 g/mol. The van der Waals surface area contributed by atoms with Crippen molar-refractivity contribution in [2.24, 2.45) is 0 Å². The van der Waals surface area contributed by atoms with Crippen LogP contribution in [0.4, 0.5) is 4.79 Å². The third-order valence-corrected chi connectivity index (χ3v) is 8.28. The molecule has 3 atom stereocenters. The summed E-state index contributed by atoms with van der Waals surface area (Å²) in [6.45, 7) is 9.88. The molecule has 0 radical (unpaired) electrons. The molecule has 45 heavy (non-hydrogen) atoms. The molecule has 3 aromatic rings. The van der Waals surface area contributed by atoms with Crippen molar-refractivity contribution >= 4 is 34.6 Å². The number of likely N-dealkylation sites (tertiary alicyclic amines) is 1. The summed E-state index contributed by atoms with van der Waals surface area (Å²) >= 11 is 0. The first-order chi connectivity index (χ1) is 21.3. The number of rotatable bonds is 10. The summed E-state index contributed by atoms with van der Waals surface area (Å²) in [6, 6.07) is 21.1. The van der Waals surface area contributed by atoms with Gasteiger partial charge >= 0.3 is 6.09 Å². The van der Waals surface area contributed by atoms with Gasteiger partial charge in [0.2, 0.25) is 11.8 Å². The highest BCUT2D eigenvalue weighted by molar-refractivity contribution is 5.99. The Bertz CT molecular complexity index is 1560. The van der Waals surface area contributed by atoms with Crippen molar-refractivity contribution in [1.29, 1.82) is 0 Å². The first-order valence-corrected chi connectivity index (χ1v) is 15.3. The fourth-order valence-electron chi connectivity index (χ4n) is 5.58. The van der Waals surface area contributed by atoms with Crippen molar-refractivity contribution in [2.75, 3.05) is 27.7 Å². The number of fused-ring (bicyclic) bond motifs is 1. The number of hydrogen-bond donors (Lipinski definition) is 1. The highest BCUT2D eigenvalue weighted by atomic mass is 16.6. The van der Waals surface area contributed by atoms with Crippen LogP contribution in [0.1, 0.15) is 38.3 Å². The lowest BCUT2D eigenvalue weighted by Crippen LogP contribution is -2.58. The van der Waals surface area contributed by atoms with Gasteiger partial charge in [-0.3, -0.25) is 14.4 Å². The Balaban J connectivity index is 1.63. The van der Waals surface area contributed by atoms with Crippen LogP contribution in [0, 0.1) is 0 Å². The molecule has 0 saturated carbocycles. The van der Waals surface area contributed by atoms with Crippen molar-refractivity contribution in [3.8, 4) is 0 Å². The lowest BCUT2D eigenvalue weighted by atomic mass is 9.93. The van der Waals surface area contributed by atoms with E-state index in [1.54, 1.807) is 41.9 Å². The van der Waals surface area contributed by atoms with Gasteiger partial charge in [0.25, 0.3) is 5.91 Å². The van der Waals surface area contributed by atoms with Crippen LogP contribution in [0.25, 0.3) is 10.8 Å². The van der Waals surface area contributed by atoms with Gasteiger partial charge in [-0.15, -0.1) is 0 Å². The highest BCUT2D eigenvalue weighted by Gasteiger charge is 2.42. The number of nitrogens with one attached hydrogen (secondary N) is 1. The van der Waals surface area contributed by atoms with E-state index >= 15 is 0 Å². The number of carbonyl (C=O) groups is 4. The van der Waals surface area contributed by atoms with Gasteiger partial charge in [-0.1, -0.05) is 79.4 Å². The molecule has 1 aliphatic heterocycles. The Morgan fingerprint density at radius 3 is 2.11 bits per heavy atom. The summed E-state index contributed by atoms with van der Waals surface area (Å²) in [5, 5.41) is 4.77. The smallest absolute Gasteiger partial charge is 0.410 e. The predicted molar refractivity (Wildman–Crippen MR) is 175 cm³/mol. The molecule has 1 unspecified atom stereocenters. The Morgan fingerprint density at radius 1 is 0.889 bits per heavy atom. The zero-order valence-corrected chi connectivity index (χ0v) is 27.1. The molecular weight excluding hydrogens is 568 g/mol. The maximum absolute atomic E-state index is 14.4. The van der Waals surface area contributed by atoms with Gasteiger partial charge in [-0.05, 0) is 49.1 Å². The van der Waals surface area contributed by atoms with Crippen LogP contribution in [0.15, 0.2) is 84.9 Å². The first-order valence-electron chi connectivity index (χ1n) is 15.3. The van der Waals surface area contributed by atoms with Gasteiger partial charge in [0.05, 0.1) is 6.04 Å². The van der Waals surface area contributed by atoms with E-state index in [1.807, 2.05) is 72.8 Å². The van der Waals surface area contributed by atoms with Crippen LogP contribution in [0.5, 0.6) is 0 Å². The Morgan fingerprint density at radius 2 is 1.51 bits per heavy atom. The molecule has 4 amide bonds. The van der Waals surface area contributed by atoms with E-state index in [1.165, 1.54) is 14.7 Å². The molecule has 0 spiro atoms. The molecule has 1 aliphatic rings. The molecule has 9 heteroatoms. The van der Waals surface area contributed by atoms with E-state index in [0.29, 0.717) is 19.4 Å². The minimum Gasteiger partial charge on any atom is -0.444 e. The molecule has 9 nitrogen and oxygen atoms in total. The second-order valence-electron chi connectivity index (χ2n) is 12.6. The summed E-state index contributed by atoms with van der Waals surface area (Å²) in [5.41, 5.74) is 1.30. The van der Waals surface area contributed by atoms with Crippen molar-refractivity contribution in [1.82, 2.24) is 20.0 Å². The SMILES string of the molecule is C=C(C(=O)N(C)[C@H](Cc1ccc2ccccc2c1)C(=O)N(C)[C@H](Cc1ccccc1)C(=O)NC)C1CCN1C(=O)OC(C)(C)C. The highest BCUT2D eigenvalue weighted by Crippen LogP contribution is 2.28. The molecule has 238 valence electrons. The van der Waals surface area contributed by atoms with Crippen LogP contribution < -0.4 is 5.32 Å². The van der Waals surface area contributed by atoms with Crippen molar-refractivity contribution < 1.29 is 23.9 Å². The summed E-state index contributed by atoms with van der Waals surface area (Å²) in [7, 11) is 4.72. The number of hydrogen-bond acceptors (Lipinski definition) is 5. The van der Waals surface area contributed by atoms with Crippen molar-refractivity contribution in [3.63, 3.8) is 0 Å². The first kappa shape index (κ1) is 33.2. The fourth-order valence-corrected chi connectivity index (χ4v) is 5.58. The monoisotopic (exact) mass is 612 g/mol. The quantitative estimate of drug-likeness (QED) is 0.338. The van der Waals surface area contributed by atoms with Gasteiger partial charge in [0.1, 0.15) is 17.7 Å². The standard InChI is InChI=1S/C36H44N4O5/c1-24(29-19-20-40(29)35(44)45-36(2,3)4)33(42)39(7)31(23-26-17-18-27-15-11-12-16-28(27)21-26)34(43)38(6)30(32(41)37-5)22-25-13-9-8-10-14-25/h8-18,21,29-31H,1,19-20,22-23H2,2-7H3,(H,37,41)/t29?,30-,31-/m1/s1. The Kier molecular flexibility index (Phi) is 10.3. The van der Waals surface area contributed by atoms with Gasteiger partial charge in [-0.25, -0.2) is 4.79 Å². The van der Waals surface area contributed by atoms with Gasteiger partial charge < -0.3 is 24.8 Å². The van der Waals surface area contributed by atoms with E-state index in [9.17, 15) is 19.2 Å². The molecule has 3 aromatic carbocycles. The molecule has 1 heterocycles. The van der Waals surface area contributed by atoms with Crippen LogP contribution in [0.3, 0.4) is 0 Å². The summed E-state index contributed by atoms with van der Waals surface area (Å²) in [6.07, 6.45) is 0.586. The second kappa shape index (κ2) is 14.0. The molecule has 1 saturated heterocycles. The van der Waals surface area contributed by atoms with Crippen LogP contribution >= 0.6 is 0 Å². The molecule has 4 rings (SSSR count). The Hall–Kier alpha value is -4.66. The number of likely N-dealkylation sites (N-methyl/N-ethyl adjacent to an activating group) is 3. The summed E-state index contributed by atoms with van der Waals surface area (Å²) in [5.74, 6) is -1.13. The van der Waals surface area contributed by atoms with Gasteiger partial charge in [-0.2, -0.15) is 0 Å². The molecule has 0 bridgehead atoms. The van der Waals surface area contributed by atoms with E-state index in [2.05, 4.69) is 11.9 Å². The molecular formula is C36H44N4O5. The maximum Gasteiger partial charge on any atom is 0.410 e. The average Bonchev–Trinajstić information content (AvgIpc) is 2.99. The normalized spacial score (nSPS) is 15.8. The van der Waals surface area contributed by atoms with Crippen LogP contribution in [-0.2, 0) is 32.0 Å². The van der Waals surface area contributed by atoms with Crippen LogP contribution in [-0.4, -0.2) is 89.9 Å². The number of ether oxygens (including phenoxy) is 1. The Labute approximate surface area is 265 Å².